The Balaban J connectivity index is 2.22. The van der Waals surface area contributed by atoms with Gasteiger partial charge in [-0.25, -0.2) is 13.2 Å². The van der Waals surface area contributed by atoms with E-state index in [1.165, 1.54) is 19.1 Å². The van der Waals surface area contributed by atoms with Gasteiger partial charge >= 0.3 is 0 Å². The van der Waals surface area contributed by atoms with Gasteiger partial charge in [-0.3, -0.25) is 14.2 Å². The number of amides is 1. The monoisotopic (exact) mass is 452 g/mol. The van der Waals surface area contributed by atoms with Crippen molar-refractivity contribution in [2.45, 2.75) is 39.7 Å². The summed E-state index contributed by atoms with van der Waals surface area (Å²) in [5, 5.41) is 12.1. The van der Waals surface area contributed by atoms with Gasteiger partial charge in [0.25, 0.3) is 5.91 Å². The molecule has 1 amide bonds. The zero-order valence-corrected chi connectivity index (χ0v) is 17.8. The fourth-order valence-electron chi connectivity index (χ4n) is 3.38. The molecule has 0 spiro atoms. The number of hydrogen-bond donors (Lipinski definition) is 2. The smallest absolute Gasteiger partial charge is 0.262 e. The molecule has 0 fully saturated rings. The summed E-state index contributed by atoms with van der Waals surface area (Å²) >= 11 is 5.67. The first-order valence-electron chi connectivity index (χ1n) is 9.56. The highest BCUT2D eigenvalue weighted by molar-refractivity contribution is 6.30. The molecule has 2 aromatic carbocycles. The predicted molar refractivity (Wildman–Crippen MR) is 111 cm³/mol. The molecule has 0 aliphatic carbocycles. The minimum atomic E-state index is -1.28. The largest absolute Gasteiger partial charge is 0.503 e. The van der Waals surface area contributed by atoms with Crippen LogP contribution in [0.1, 0.15) is 41.9 Å². The van der Waals surface area contributed by atoms with Crippen molar-refractivity contribution in [1.82, 2.24) is 9.88 Å². The van der Waals surface area contributed by atoms with Gasteiger partial charge in [0.2, 0.25) is 5.91 Å². The maximum atomic E-state index is 14.9. The Morgan fingerprint density at radius 2 is 1.87 bits per heavy atom. The highest BCUT2D eigenvalue weighted by atomic mass is 35.5. The Bertz CT molecular complexity index is 1210. The van der Waals surface area contributed by atoms with Gasteiger partial charge < -0.3 is 10.4 Å². The SMILES string of the molecule is CC[C@H](C)NC(=O)Cc1c(C)n(C(=O)c2ccc(Cl)c(F)c2)c2cc(F)c(O)c(F)c12. The average Bonchev–Trinajstić information content (AvgIpc) is 2.98. The van der Waals surface area contributed by atoms with Crippen LogP contribution in [0.5, 0.6) is 5.75 Å². The number of phenols is 1. The van der Waals surface area contributed by atoms with E-state index in [0.717, 1.165) is 16.7 Å². The fourth-order valence-corrected chi connectivity index (χ4v) is 3.50. The van der Waals surface area contributed by atoms with Crippen molar-refractivity contribution < 1.29 is 27.9 Å². The third-order valence-electron chi connectivity index (χ3n) is 5.21. The molecule has 3 rings (SSSR count). The van der Waals surface area contributed by atoms with Gasteiger partial charge in [0.15, 0.2) is 17.4 Å². The van der Waals surface area contributed by atoms with Crippen LogP contribution in [0.15, 0.2) is 24.3 Å². The molecule has 0 bridgehead atoms. The number of nitrogens with one attached hydrogen (secondary N) is 1. The van der Waals surface area contributed by atoms with Crippen molar-refractivity contribution >= 4 is 34.3 Å². The van der Waals surface area contributed by atoms with Gasteiger partial charge in [-0.15, -0.1) is 0 Å². The molecule has 0 saturated carbocycles. The van der Waals surface area contributed by atoms with Crippen molar-refractivity contribution in [1.29, 1.82) is 0 Å². The van der Waals surface area contributed by atoms with E-state index in [1.54, 1.807) is 6.92 Å². The Hall–Kier alpha value is -3.00. The molecule has 0 aliphatic rings. The number of halogens is 4. The van der Waals surface area contributed by atoms with E-state index in [2.05, 4.69) is 5.32 Å². The molecule has 0 aliphatic heterocycles. The standard InChI is InChI=1S/C22H20ClF3N2O3/c1-4-10(2)27-18(29)8-13-11(3)28(17-9-16(25)21(30)20(26)19(13)17)22(31)12-5-6-14(23)15(24)7-12/h5-7,9-10,30H,4,8H2,1-3H3,(H,27,29)/t10-/m0/s1. The van der Waals surface area contributed by atoms with Crippen LogP contribution < -0.4 is 5.32 Å². The molecule has 31 heavy (non-hydrogen) atoms. The van der Waals surface area contributed by atoms with Crippen LogP contribution in [0.4, 0.5) is 13.2 Å². The third-order valence-corrected chi connectivity index (χ3v) is 5.52. The van der Waals surface area contributed by atoms with E-state index in [0.29, 0.717) is 6.42 Å². The first kappa shape index (κ1) is 22.7. The molecule has 3 aromatic rings. The number of aromatic hydroxyl groups is 1. The highest BCUT2D eigenvalue weighted by Crippen LogP contribution is 2.35. The van der Waals surface area contributed by atoms with Gasteiger partial charge in [-0.2, -0.15) is 0 Å². The Labute approximate surface area is 181 Å². The van der Waals surface area contributed by atoms with Crippen molar-refractivity contribution in [3.63, 3.8) is 0 Å². The van der Waals surface area contributed by atoms with Gasteiger partial charge in [0.1, 0.15) is 5.82 Å². The lowest BCUT2D eigenvalue weighted by Gasteiger charge is -2.12. The second-order valence-corrected chi connectivity index (χ2v) is 7.71. The number of aromatic nitrogens is 1. The topological polar surface area (TPSA) is 71.3 Å². The van der Waals surface area contributed by atoms with Crippen LogP contribution >= 0.6 is 11.6 Å². The number of carbonyl (C=O) groups excluding carboxylic acids is 2. The molecule has 2 N–H and O–H groups in total. The van der Waals surface area contributed by atoms with E-state index in [4.69, 9.17) is 11.6 Å². The van der Waals surface area contributed by atoms with Gasteiger partial charge in [0, 0.05) is 28.8 Å². The number of carbonyl (C=O) groups is 2. The van der Waals surface area contributed by atoms with Crippen LogP contribution in [-0.4, -0.2) is 27.5 Å². The van der Waals surface area contributed by atoms with Crippen molar-refractivity contribution in [2.75, 3.05) is 0 Å². The number of nitrogens with zero attached hydrogens (tertiary/aromatic N) is 1. The van der Waals surface area contributed by atoms with Gasteiger partial charge in [0.05, 0.1) is 17.0 Å². The van der Waals surface area contributed by atoms with Crippen molar-refractivity contribution in [2.24, 2.45) is 0 Å². The molecular weight excluding hydrogens is 433 g/mol. The molecular formula is C22H20ClF3N2O3. The number of benzene rings is 2. The number of phenolic OH excluding ortho intramolecular Hbond substituents is 1. The van der Waals surface area contributed by atoms with Crippen LogP contribution in [0.2, 0.25) is 5.02 Å². The number of fused-ring (bicyclic) bond motifs is 1. The summed E-state index contributed by atoms with van der Waals surface area (Å²) in [6.45, 7) is 5.14. The van der Waals surface area contributed by atoms with E-state index < -0.39 is 35.0 Å². The lowest BCUT2D eigenvalue weighted by atomic mass is 10.1. The lowest BCUT2D eigenvalue weighted by molar-refractivity contribution is -0.121. The van der Waals surface area contributed by atoms with Crippen LogP contribution in [0, 0.1) is 24.4 Å². The first-order valence-corrected chi connectivity index (χ1v) is 9.94. The summed E-state index contributed by atoms with van der Waals surface area (Å²) in [6, 6.07) is 4.06. The zero-order chi connectivity index (χ0) is 23.0. The van der Waals surface area contributed by atoms with Crippen LogP contribution in [0.25, 0.3) is 10.9 Å². The second-order valence-electron chi connectivity index (χ2n) is 7.30. The fraction of sp³-hybridized carbons (Fsp3) is 0.273. The van der Waals surface area contributed by atoms with Gasteiger partial charge in [-0.1, -0.05) is 18.5 Å². The molecule has 1 aromatic heterocycles. The summed E-state index contributed by atoms with van der Waals surface area (Å²) in [5.41, 5.74) is -0.00616. The summed E-state index contributed by atoms with van der Waals surface area (Å²) in [5.74, 6) is -5.78. The Morgan fingerprint density at radius 3 is 2.48 bits per heavy atom. The average molecular weight is 453 g/mol. The second kappa shape index (κ2) is 8.63. The molecule has 9 heteroatoms. The predicted octanol–water partition coefficient (Wildman–Crippen LogP) is 4.87. The summed E-state index contributed by atoms with van der Waals surface area (Å²) in [7, 11) is 0. The minimum Gasteiger partial charge on any atom is -0.503 e. The van der Waals surface area contributed by atoms with E-state index in [1.807, 2.05) is 6.92 Å². The molecule has 164 valence electrons. The van der Waals surface area contributed by atoms with Crippen molar-refractivity contribution in [3.8, 4) is 5.75 Å². The van der Waals surface area contributed by atoms with Crippen LogP contribution in [0.3, 0.4) is 0 Å². The number of hydrogen-bond acceptors (Lipinski definition) is 3. The summed E-state index contributed by atoms with van der Waals surface area (Å²) < 4.78 is 43.9. The molecule has 0 saturated heterocycles. The Morgan fingerprint density at radius 1 is 1.19 bits per heavy atom. The zero-order valence-electron chi connectivity index (χ0n) is 17.0. The molecule has 0 unspecified atom stereocenters. The summed E-state index contributed by atoms with van der Waals surface area (Å²) in [4.78, 5) is 25.6. The van der Waals surface area contributed by atoms with E-state index >= 15 is 0 Å². The van der Waals surface area contributed by atoms with E-state index in [-0.39, 0.29) is 45.2 Å². The molecule has 1 atom stereocenters. The van der Waals surface area contributed by atoms with Crippen LogP contribution in [-0.2, 0) is 11.2 Å². The first-order chi connectivity index (χ1) is 14.6. The highest BCUT2D eigenvalue weighted by Gasteiger charge is 2.27. The molecule has 0 radical (unpaired) electrons. The summed E-state index contributed by atoms with van der Waals surface area (Å²) in [6.07, 6.45) is 0.372. The van der Waals surface area contributed by atoms with E-state index in [9.17, 15) is 27.9 Å². The third kappa shape index (κ3) is 4.12. The van der Waals surface area contributed by atoms with Crippen molar-refractivity contribution in [3.05, 3.63) is 63.6 Å². The minimum absolute atomic E-state index is 0.105. The maximum absolute atomic E-state index is 14.9. The normalized spacial score (nSPS) is 12.2. The lowest BCUT2D eigenvalue weighted by Crippen LogP contribution is -2.33. The van der Waals surface area contributed by atoms with Gasteiger partial charge in [-0.05, 0) is 44.0 Å². The molecule has 5 nitrogen and oxygen atoms in total. The Kier molecular flexibility index (Phi) is 6.31. The quantitative estimate of drug-likeness (QED) is 0.580. The number of rotatable bonds is 5. The maximum Gasteiger partial charge on any atom is 0.262 e. The molecule has 1 heterocycles.